The molecule has 5 rings (SSSR count). The quantitative estimate of drug-likeness (QED) is 0.404. The molecule has 1 saturated heterocycles. The Morgan fingerprint density at radius 2 is 1.78 bits per heavy atom. The van der Waals surface area contributed by atoms with E-state index in [0.29, 0.717) is 31.7 Å². The Balaban J connectivity index is 1.38. The van der Waals surface area contributed by atoms with Crippen LogP contribution in [0.1, 0.15) is 34.6 Å². The minimum Gasteiger partial charge on any atom is -0.495 e. The van der Waals surface area contributed by atoms with Gasteiger partial charge in [0.15, 0.2) is 11.7 Å². The highest BCUT2D eigenvalue weighted by Gasteiger charge is 2.48. The zero-order valence-electron chi connectivity index (χ0n) is 19.8. The topological polar surface area (TPSA) is 62.6 Å². The number of hydrogen-bond donors (Lipinski definition) is 1. The number of hydrogen-bond acceptors (Lipinski definition) is 5. The zero-order chi connectivity index (χ0) is 26.3. The summed E-state index contributed by atoms with van der Waals surface area (Å²) in [6.45, 7) is 1.80. The van der Waals surface area contributed by atoms with Crippen LogP contribution >= 0.6 is 27.5 Å². The van der Waals surface area contributed by atoms with Crippen molar-refractivity contribution in [1.29, 1.82) is 0 Å². The summed E-state index contributed by atoms with van der Waals surface area (Å²) in [7, 11) is 1.60. The highest BCUT2D eigenvalue weighted by atomic mass is 79.9. The number of benzene rings is 2. The van der Waals surface area contributed by atoms with Crippen LogP contribution in [0.5, 0.6) is 5.75 Å². The van der Waals surface area contributed by atoms with Gasteiger partial charge >= 0.3 is 6.18 Å². The van der Waals surface area contributed by atoms with E-state index in [2.05, 4.69) is 31.2 Å². The van der Waals surface area contributed by atoms with Crippen LogP contribution in [0.4, 0.5) is 24.7 Å². The molecule has 3 heterocycles. The molecule has 2 unspecified atom stereocenters. The first-order valence-electron chi connectivity index (χ1n) is 11.7. The van der Waals surface area contributed by atoms with Crippen molar-refractivity contribution >= 4 is 44.9 Å². The summed E-state index contributed by atoms with van der Waals surface area (Å²) >= 11 is 9.86. The number of carbonyl (C=O) groups is 1. The van der Waals surface area contributed by atoms with Crippen molar-refractivity contribution in [2.24, 2.45) is 0 Å². The summed E-state index contributed by atoms with van der Waals surface area (Å²) in [4.78, 5) is 17.0. The number of ether oxygens (including phenoxy) is 1. The van der Waals surface area contributed by atoms with Gasteiger partial charge in [0, 0.05) is 37.1 Å². The van der Waals surface area contributed by atoms with Gasteiger partial charge in [0.2, 0.25) is 0 Å². The third kappa shape index (κ3) is 4.98. The molecule has 1 fully saturated rings. The third-order valence-corrected chi connectivity index (χ3v) is 7.65. The van der Waals surface area contributed by atoms with Gasteiger partial charge in [-0.3, -0.25) is 4.79 Å². The number of carbonyl (C=O) groups excluding carboxylic acids is 1. The predicted octanol–water partition coefficient (Wildman–Crippen LogP) is 5.93. The Morgan fingerprint density at radius 3 is 2.43 bits per heavy atom. The maximum absolute atomic E-state index is 14.1. The van der Waals surface area contributed by atoms with Gasteiger partial charge in [-0.25, -0.2) is 4.68 Å². The summed E-state index contributed by atoms with van der Waals surface area (Å²) in [5.41, 5.74) is 1.42. The molecule has 2 aliphatic heterocycles. The number of para-hydroxylation sites is 2. The van der Waals surface area contributed by atoms with Crippen LogP contribution in [-0.2, 0) is 0 Å². The molecule has 7 nitrogen and oxygen atoms in total. The van der Waals surface area contributed by atoms with Crippen molar-refractivity contribution in [3.8, 4) is 5.75 Å². The van der Waals surface area contributed by atoms with Gasteiger partial charge in [0.1, 0.15) is 16.6 Å². The second kappa shape index (κ2) is 10.1. The molecular weight excluding hydrogens is 575 g/mol. The highest BCUT2D eigenvalue weighted by Crippen LogP contribution is 2.46. The van der Waals surface area contributed by atoms with Gasteiger partial charge in [-0.1, -0.05) is 51.8 Å². The Bertz CT molecular complexity index is 1290. The molecule has 2 aromatic carbocycles. The molecule has 3 aromatic rings. The lowest BCUT2D eigenvalue weighted by Gasteiger charge is -2.36. The number of fused-ring (bicyclic) bond motifs is 1. The number of methoxy groups -OCH3 is 1. The second-order valence-electron chi connectivity index (χ2n) is 8.95. The van der Waals surface area contributed by atoms with Crippen molar-refractivity contribution in [1.82, 2.24) is 14.7 Å². The van der Waals surface area contributed by atoms with E-state index in [1.54, 1.807) is 36.3 Å². The number of nitrogens with zero attached hydrogens (tertiary/aromatic N) is 4. The van der Waals surface area contributed by atoms with E-state index < -0.39 is 24.2 Å². The highest BCUT2D eigenvalue weighted by molar-refractivity contribution is 9.10. The molecule has 0 saturated carbocycles. The van der Waals surface area contributed by atoms with E-state index >= 15 is 0 Å². The molecule has 37 heavy (non-hydrogen) atoms. The number of rotatable bonds is 4. The Morgan fingerprint density at radius 1 is 1.11 bits per heavy atom. The monoisotopic (exact) mass is 597 g/mol. The molecule has 2 aliphatic rings. The summed E-state index contributed by atoms with van der Waals surface area (Å²) in [6, 6.07) is 12.1. The van der Waals surface area contributed by atoms with E-state index in [9.17, 15) is 18.0 Å². The van der Waals surface area contributed by atoms with Crippen LogP contribution in [0.2, 0.25) is 5.02 Å². The SMILES string of the molecule is COc1ccccc1N1CCN(C(=O)c2nn3c(c2Cl)NC(c2ccc(Br)cc2)CC3C(F)(F)F)CC1. The lowest BCUT2D eigenvalue weighted by molar-refractivity contribution is -0.173. The van der Waals surface area contributed by atoms with Gasteiger partial charge < -0.3 is 19.9 Å². The molecule has 1 amide bonds. The zero-order valence-corrected chi connectivity index (χ0v) is 22.1. The van der Waals surface area contributed by atoms with Crippen molar-refractivity contribution in [3.63, 3.8) is 0 Å². The van der Waals surface area contributed by atoms with Crippen LogP contribution in [0.3, 0.4) is 0 Å². The van der Waals surface area contributed by atoms with Gasteiger partial charge in [-0.05, 0) is 29.8 Å². The van der Waals surface area contributed by atoms with E-state index in [-0.39, 0.29) is 23.0 Å². The summed E-state index contributed by atoms with van der Waals surface area (Å²) in [5, 5.41) is 7.07. The van der Waals surface area contributed by atoms with Crippen LogP contribution in [0, 0.1) is 0 Å². The summed E-state index contributed by atoms with van der Waals surface area (Å²) in [6.07, 6.45) is -4.85. The third-order valence-electron chi connectivity index (χ3n) is 6.76. The van der Waals surface area contributed by atoms with Crippen molar-refractivity contribution in [2.45, 2.75) is 24.7 Å². The summed E-state index contributed by atoms with van der Waals surface area (Å²) < 4.78 is 49.3. The van der Waals surface area contributed by atoms with Crippen LogP contribution in [0.25, 0.3) is 0 Å². The fourth-order valence-corrected chi connectivity index (χ4v) is 5.36. The first kappa shape index (κ1) is 25.7. The largest absolute Gasteiger partial charge is 0.495 e. The predicted molar refractivity (Wildman–Crippen MR) is 139 cm³/mol. The van der Waals surface area contributed by atoms with Crippen LogP contribution < -0.4 is 15.0 Å². The molecule has 12 heteroatoms. The standard InChI is InChI=1S/C25H24BrClF3N5O2/c1-37-19-5-3-2-4-18(19)33-10-12-34(13-11-33)24(36)22-21(27)23-31-17(15-6-8-16(26)9-7-15)14-20(25(28,29)30)35(23)32-22/h2-9,17,20,31H,10-14H2,1H3. The second-order valence-corrected chi connectivity index (χ2v) is 10.2. The van der Waals surface area contributed by atoms with Crippen molar-refractivity contribution in [2.75, 3.05) is 43.5 Å². The summed E-state index contributed by atoms with van der Waals surface area (Å²) in [5.74, 6) is 0.241. The fraction of sp³-hybridized carbons (Fsp3) is 0.360. The first-order chi connectivity index (χ1) is 17.7. The van der Waals surface area contributed by atoms with Crippen molar-refractivity contribution in [3.05, 3.63) is 69.3 Å². The lowest BCUT2D eigenvalue weighted by atomic mass is 9.97. The number of nitrogens with one attached hydrogen (secondary N) is 1. The molecule has 1 aromatic heterocycles. The van der Waals surface area contributed by atoms with Gasteiger partial charge in [0.05, 0.1) is 18.8 Å². The Kier molecular flexibility index (Phi) is 7.01. The normalized spacial score (nSPS) is 19.8. The molecule has 0 spiro atoms. The number of alkyl halides is 3. The molecular formula is C25H24BrClF3N5O2. The molecule has 2 atom stereocenters. The number of piperazine rings is 1. The maximum Gasteiger partial charge on any atom is 0.410 e. The average molecular weight is 599 g/mol. The minimum atomic E-state index is -4.57. The lowest BCUT2D eigenvalue weighted by Crippen LogP contribution is -2.49. The van der Waals surface area contributed by atoms with Gasteiger partial charge in [-0.2, -0.15) is 18.3 Å². The Labute approximate surface area is 225 Å². The van der Waals surface area contributed by atoms with E-state index in [4.69, 9.17) is 16.3 Å². The first-order valence-corrected chi connectivity index (χ1v) is 12.9. The minimum absolute atomic E-state index is 0.000770. The maximum atomic E-state index is 14.1. The van der Waals surface area contributed by atoms with Crippen molar-refractivity contribution < 1.29 is 22.7 Å². The molecule has 0 radical (unpaired) electrons. The van der Waals surface area contributed by atoms with E-state index in [1.165, 1.54) is 0 Å². The number of anilines is 2. The fourth-order valence-electron chi connectivity index (χ4n) is 4.83. The Hall–Kier alpha value is -2.92. The number of halogens is 5. The van der Waals surface area contributed by atoms with Gasteiger partial charge in [-0.15, -0.1) is 0 Å². The average Bonchev–Trinajstić information content (AvgIpc) is 3.23. The van der Waals surface area contributed by atoms with E-state index in [1.807, 2.05) is 24.3 Å². The van der Waals surface area contributed by atoms with Gasteiger partial charge in [0.25, 0.3) is 5.91 Å². The molecule has 1 N–H and O–H groups in total. The van der Waals surface area contributed by atoms with E-state index in [0.717, 1.165) is 20.6 Å². The molecule has 0 bridgehead atoms. The number of aromatic nitrogens is 2. The number of amides is 1. The van der Waals surface area contributed by atoms with Crippen LogP contribution in [0.15, 0.2) is 53.0 Å². The smallest absolute Gasteiger partial charge is 0.410 e. The molecule has 0 aliphatic carbocycles. The molecule has 196 valence electrons. The van der Waals surface area contributed by atoms with Crippen LogP contribution in [-0.4, -0.2) is 60.1 Å².